The van der Waals surface area contributed by atoms with Crippen molar-refractivity contribution in [2.45, 2.75) is 39.8 Å². The van der Waals surface area contributed by atoms with Crippen LogP contribution in [-0.2, 0) is 9.59 Å². The molecule has 0 spiro atoms. The van der Waals surface area contributed by atoms with E-state index in [1.165, 1.54) is 4.90 Å². The Morgan fingerprint density at radius 3 is 2.37 bits per heavy atom. The molecule has 8 nitrogen and oxygen atoms in total. The molecule has 0 bridgehead atoms. The van der Waals surface area contributed by atoms with Gasteiger partial charge in [0.15, 0.2) is 11.5 Å². The molecule has 0 aromatic heterocycles. The van der Waals surface area contributed by atoms with Gasteiger partial charge in [-0.15, -0.1) is 0 Å². The Morgan fingerprint density at radius 1 is 0.974 bits per heavy atom. The molecule has 3 aromatic rings. The second kappa shape index (κ2) is 9.78. The third-order valence-electron chi connectivity index (χ3n) is 6.64. The van der Waals surface area contributed by atoms with Crippen molar-refractivity contribution >= 4 is 23.1 Å². The van der Waals surface area contributed by atoms with Gasteiger partial charge in [-0.2, -0.15) is 0 Å². The SMILES string of the molecule is COc1cc(C)c(/C(O)=C2\C(=O)C(=O)N(c3ccc4c(c3)OCO4)C2c2ccc(OC(C)C)cc2)cc1C. The molecule has 1 N–H and O–H groups in total. The summed E-state index contributed by atoms with van der Waals surface area (Å²) in [6.45, 7) is 7.61. The summed E-state index contributed by atoms with van der Waals surface area (Å²) >= 11 is 0. The topological polar surface area (TPSA) is 94.5 Å². The number of amides is 1. The highest BCUT2D eigenvalue weighted by atomic mass is 16.7. The number of methoxy groups -OCH3 is 1. The second-order valence-corrected chi connectivity index (χ2v) is 9.58. The molecule has 1 saturated heterocycles. The summed E-state index contributed by atoms with van der Waals surface area (Å²) in [5.74, 6) is 0.582. The van der Waals surface area contributed by atoms with Crippen LogP contribution in [0, 0.1) is 13.8 Å². The van der Waals surface area contributed by atoms with Crippen LogP contribution in [0.4, 0.5) is 5.69 Å². The van der Waals surface area contributed by atoms with Gasteiger partial charge in [-0.3, -0.25) is 14.5 Å². The Morgan fingerprint density at radius 2 is 1.68 bits per heavy atom. The van der Waals surface area contributed by atoms with Crippen molar-refractivity contribution in [2.24, 2.45) is 0 Å². The van der Waals surface area contributed by atoms with Crippen LogP contribution in [0.5, 0.6) is 23.0 Å². The van der Waals surface area contributed by atoms with Crippen LogP contribution in [0.1, 0.15) is 42.1 Å². The Balaban J connectivity index is 1.69. The average Bonchev–Trinajstić information content (AvgIpc) is 3.46. The third-order valence-corrected chi connectivity index (χ3v) is 6.64. The molecule has 0 radical (unpaired) electrons. The average molecular weight is 516 g/mol. The number of carbonyl (C=O) groups is 2. The van der Waals surface area contributed by atoms with E-state index in [4.69, 9.17) is 18.9 Å². The first-order chi connectivity index (χ1) is 18.2. The molecule has 38 heavy (non-hydrogen) atoms. The smallest absolute Gasteiger partial charge is 0.300 e. The second-order valence-electron chi connectivity index (χ2n) is 9.58. The molecule has 8 heteroatoms. The molecule has 1 fully saturated rings. The van der Waals surface area contributed by atoms with E-state index in [2.05, 4.69) is 0 Å². The highest BCUT2D eigenvalue weighted by Gasteiger charge is 2.47. The maximum atomic E-state index is 13.5. The number of benzene rings is 3. The molecule has 5 rings (SSSR count). The minimum Gasteiger partial charge on any atom is -0.507 e. The predicted octanol–water partition coefficient (Wildman–Crippen LogP) is 5.45. The molecule has 196 valence electrons. The van der Waals surface area contributed by atoms with E-state index >= 15 is 0 Å². The summed E-state index contributed by atoms with van der Waals surface area (Å²) in [5, 5.41) is 11.6. The van der Waals surface area contributed by atoms with Crippen molar-refractivity contribution < 1.29 is 33.6 Å². The summed E-state index contributed by atoms with van der Waals surface area (Å²) in [5.41, 5.74) is 3.04. The number of hydrogen-bond donors (Lipinski definition) is 1. The van der Waals surface area contributed by atoms with Gasteiger partial charge >= 0.3 is 0 Å². The molecule has 3 aromatic carbocycles. The van der Waals surface area contributed by atoms with Crippen molar-refractivity contribution in [1.82, 2.24) is 0 Å². The molecular weight excluding hydrogens is 486 g/mol. The van der Waals surface area contributed by atoms with Gasteiger partial charge in [0.2, 0.25) is 6.79 Å². The van der Waals surface area contributed by atoms with Gasteiger partial charge in [-0.05, 0) is 80.8 Å². The normalized spacial score (nSPS) is 17.8. The van der Waals surface area contributed by atoms with E-state index in [1.807, 2.05) is 27.7 Å². The molecule has 1 atom stereocenters. The first kappa shape index (κ1) is 25.2. The van der Waals surface area contributed by atoms with Gasteiger partial charge in [0.1, 0.15) is 17.3 Å². The van der Waals surface area contributed by atoms with Gasteiger partial charge < -0.3 is 24.1 Å². The molecule has 2 aliphatic rings. The fraction of sp³-hybridized carbons (Fsp3) is 0.267. The van der Waals surface area contributed by atoms with Crippen LogP contribution in [0.15, 0.2) is 60.2 Å². The number of aliphatic hydroxyl groups is 1. The van der Waals surface area contributed by atoms with E-state index in [0.29, 0.717) is 45.4 Å². The van der Waals surface area contributed by atoms with Gasteiger partial charge in [0.05, 0.1) is 24.8 Å². The number of fused-ring (bicyclic) bond motifs is 1. The lowest BCUT2D eigenvalue weighted by atomic mass is 9.93. The van der Waals surface area contributed by atoms with Crippen molar-refractivity contribution in [3.63, 3.8) is 0 Å². The largest absolute Gasteiger partial charge is 0.507 e. The van der Waals surface area contributed by atoms with Gasteiger partial charge in [0.25, 0.3) is 11.7 Å². The molecule has 2 heterocycles. The highest BCUT2D eigenvalue weighted by Crippen LogP contribution is 2.45. The Bertz CT molecular complexity index is 1460. The summed E-state index contributed by atoms with van der Waals surface area (Å²) in [6, 6.07) is 14.9. The van der Waals surface area contributed by atoms with Crippen LogP contribution in [-0.4, -0.2) is 36.8 Å². The minimum atomic E-state index is -0.884. The first-order valence-electron chi connectivity index (χ1n) is 12.3. The third kappa shape index (κ3) is 4.32. The lowest BCUT2D eigenvalue weighted by Gasteiger charge is -2.26. The number of ether oxygens (including phenoxy) is 4. The zero-order valence-electron chi connectivity index (χ0n) is 21.9. The summed E-state index contributed by atoms with van der Waals surface area (Å²) in [4.78, 5) is 28.4. The number of hydrogen-bond acceptors (Lipinski definition) is 7. The summed E-state index contributed by atoms with van der Waals surface area (Å²) < 4.78 is 22.1. The molecular formula is C30H29NO7. The molecule has 0 saturated carbocycles. The van der Waals surface area contributed by atoms with Crippen LogP contribution in [0.25, 0.3) is 5.76 Å². The molecule has 1 amide bonds. The molecule has 2 aliphatic heterocycles. The predicted molar refractivity (Wildman–Crippen MR) is 142 cm³/mol. The fourth-order valence-electron chi connectivity index (χ4n) is 4.86. The van der Waals surface area contributed by atoms with E-state index in [9.17, 15) is 14.7 Å². The number of carbonyl (C=O) groups excluding carboxylic acids is 2. The minimum absolute atomic E-state index is 0.00198. The number of ketones is 1. The Labute approximate surface area is 221 Å². The van der Waals surface area contributed by atoms with Gasteiger partial charge in [-0.25, -0.2) is 0 Å². The summed E-state index contributed by atoms with van der Waals surface area (Å²) in [6.07, 6.45) is -0.0126. The van der Waals surface area contributed by atoms with Gasteiger partial charge in [0, 0.05) is 17.3 Å². The van der Waals surface area contributed by atoms with Gasteiger partial charge in [-0.1, -0.05) is 12.1 Å². The van der Waals surface area contributed by atoms with Crippen molar-refractivity contribution in [1.29, 1.82) is 0 Å². The highest BCUT2D eigenvalue weighted by molar-refractivity contribution is 6.51. The van der Waals surface area contributed by atoms with E-state index in [-0.39, 0.29) is 24.2 Å². The number of rotatable bonds is 6. The van der Waals surface area contributed by atoms with E-state index < -0.39 is 17.7 Å². The number of Topliss-reactive ketones (excluding diaryl/α,β-unsaturated/α-hetero) is 1. The van der Waals surface area contributed by atoms with Crippen molar-refractivity contribution in [2.75, 3.05) is 18.8 Å². The van der Waals surface area contributed by atoms with Crippen molar-refractivity contribution in [3.8, 4) is 23.0 Å². The van der Waals surface area contributed by atoms with Crippen LogP contribution in [0.2, 0.25) is 0 Å². The zero-order chi connectivity index (χ0) is 27.1. The lowest BCUT2D eigenvalue weighted by Crippen LogP contribution is -2.29. The monoisotopic (exact) mass is 515 g/mol. The maximum Gasteiger partial charge on any atom is 0.300 e. The zero-order valence-corrected chi connectivity index (χ0v) is 21.9. The van der Waals surface area contributed by atoms with E-state index in [1.54, 1.807) is 61.7 Å². The maximum absolute atomic E-state index is 13.5. The number of aryl methyl sites for hydroxylation is 2. The van der Waals surface area contributed by atoms with Crippen molar-refractivity contribution in [3.05, 3.63) is 82.4 Å². The molecule has 1 unspecified atom stereocenters. The lowest BCUT2D eigenvalue weighted by molar-refractivity contribution is -0.132. The number of aliphatic hydroxyl groups excluding tert-OH is 1. The Kier molecular flexibility index (Phi) is 6.48. The fourth-order valence-corrected chi connectivity index (χ4v) is 4.86. The van der Waals surface area contributed by atoms with Crippen LogP contribution >= 0.6 is 0 Å². The quantitative estimate of drug-likeness (QED) is 0.265. The number of anilines is 1. The standard InChI is InChI=1S/C30H29NO7/c1-16(2)38-21-9-6-19(7-10-21)27-26(28(32)22-12-18(4)24(35-5)13-17(22)3)29(33)30(34)31(27)20-8-11-23-25(14-20)37-15-36-23/h6-14,16,27,32H,15H2,1-5H3/b28-26+. The molecule has 0 aliphatic carbocycles. The first-order valence-corrected chi connectivity index (χ1v) is 12.3. The van der Waals surface area contributed by atoms with Crippen LogP contribution in [0.3, 0.4) is 0 Å². The van der Waals surface area contributed by atoms with Crippen LogP contribution < -0.4 is 23.8 Å². The Hall–Kier alpha value is -4.46. The summed E-state index contributed by atoms with van der Waals surface area (Å²) in [7, 11) is 1.57. The van der Waals surface area contributed by atoms with E-state index in [0.717, 1.165) is 5.56 Å². The number of nitrogens with zero attached hydrogens (tertiary/aromatic N) is 1.